The van der Waals surface area contributed by atoms with E-state index in [1.165, 1.54) is 0 Å². The Hall–Kier alpha value is -1.68. The van der Waals surface area contributed by atoms with Gasteiger partial charge in [-0.05, 0) is 45.8 Å². The molecule has 0 unspecified atom stereocenters. The maximum atomic E-state index is 6.03. The average molecular weight is 308 g/mol. The van der Waals surface area contributed by atoms with Gasteiger partial charge in [-0.3, -0.25) is 0 Å². The third-order valence-corrected chi connectivity index (χ3v) is 3.38. The van der Waals surface area contributed by atoms with Gasteiger partial charge in [-0.25, -0.2) is 0 Å². The van der Waals surface area contributed by atoms with Crippen molar-refractivity contribution in [1.82, 2.24) is 0 Å². The monoisotopic (exact) mass is 307 g/mol. The van der Waals surface area contributed by atoms with Gasteiger partial charge >= 0.3 is 0 Å². The summed E-state index contributed by atoms with van der Waals surface area (Å²) in [7, 11) is 3.26. The zero-order chi connectivity index (χ0) is 13.1. The van der Waals surface area contributed by atoms with Crippen molar-refractivity contribution in [3.63, 3.8) is 0 Å². The second-order valence-electron chi connectivity index (χ2n) is 3.80. The molecule has 2 N–H and O–H groups in total. The predicted octanol–water partition coefficient (Wildman–Crippen LogP) is 3.72. The van der Waals surface area contributed by atoms with Gasteiger partial charge in [-0.2, -0.15) is 0 Å². The molecule has 0 heterocycles. The van der Waals surface area contributed by atoms with Crippen molar-refractivity contribution in [2.45, 2.75) is 0 Å². The fourth-order valence-corrected chi connectivity index (χ4v) is 2.17. The molecule has 0 aromatic heterocycles. The number of rotatable bonds is 3. The van der Waals surface area contributed by atoms with Crippen LogP contribution in [0.2, 0.25) is 0 Å². The van der Waals surface area contributed by atoms with E-state index in [0.717, 1.165) is 27.1 Å². The first kappa shape index (κ1) is 12.8. The molecule has 0 fully saturated rings. The zero-order valence-corrected chi connectivity index (χ0v) is 11.8. The number of halogens is 1. The minimum absolute atomic E-state index is 0.679. The van der Waals surface area contributed by atoms with Gasteiger partial charge in [0.2, 0.25) is 0 Å². The highest BCUT2D eigenvalue weighted by molar-refractivity contribution is 9.10. The Labute approximate surface area is 115 Å². The molecule has 0 saturated carbocycles. The summed E-state index contributed by atoms with van der Waals surface area (Å²) < 4.78 is 11.3. The van der Waals surface area contributed by atoms with E-state index in [4.69, 9.17) is 15.2 Å². The lowest BCUT2D eigenvalue weighted by Gasteiger charge is -2.10. The quantitative estimate of drug-likeness (QED) is 0.879. The third-order valence-electron chi connectivity index (χ3n) is 2.72. The van der Waals surface area contributed by atoms with E-state index in [0.29, 0.717) is 5.69 Å². The van der Waals surface area contributed by atoms with E-state index < -0.39 is 0 Å². The van der Waals surface area contributed by atoms with E-state index in [1.54, 1.807) is 14.2 Å². The standard InChI is InChI=1S/C14H14BrNO2/c1-17-10-4-5-11(13(16)8-10)9-3-6-12(15)14(7-9)18-2/h3-8H,16H2,1-2H3. The molecule has 0 saturated heterocycles. The molecule has 0 radical (unpaired) electrons. The smallest absolute Gasteiger partial charge is 0.133 e. The van der Waals surface area contributed by atoms with Crippen LogP contribution in [0, 0.1) is 0 Å². The molecule has 0 spiro atoms. The van der Waals surface area contributed by atoms with Crippen molar-refractivity contribution in [1.29, 1.82) is 0 Å². The first-order valence-electron chi connectivity index (χ1n) is 5.43. The second kappa shape index (κ2) is 5.31. The Morgan fingerprint density at radius 1 is 1.00 bits per heavy atom. The predicted molar refractivity (Wildman–Crippen MR) is 77.1 cm³/mol. The van der Waals surface area contributed by atoms with Crippen molar-refractivity contribution < 1.29 is 9.47 Å². The van der Waals surface area contributed by atoms with Gasteiger partial charge < -0.3 is 15.2 Å². The molecule has 18 heavy (non-hydrogen) atoms. The van der Waals surface area contributed by atoms with Gasteiger partial charge in [-0.15, -0.1) is 0 Å². The Balaban J connectivity index is 2.48. The summed E-state index contributed by atoms with van der Waals surface area (Å²) in [5.41, 5.74) is 8.67. The van der Waals surface area contributed by atoms with E-state index in [9.17, 15) is 0 Å². The molecule has 0 amide bonds. The first-order chi connectivity index (χ1) is 8.65. The first-order valence-corrected chi connectivity index (χ1v) is 6.22. The number of hydrogen-bond acceptors (Lipinski definition) is 3. The highest BCUT2D eigenvalue weighted by Gasteiger charge is 2.07. The van der Waals surface area contributed by atoms with E-state index >= 15 is 0 Å². The molecule has 0 bridgehead atoms. The average Bonchev–Trinajstić information content (AvgIpc) is 2.39. The molecule has 2 aromatic rings. The van der Waals surface area contributed by atoms with Crippen LogP contribution < -0.4 is 15.2 Å². The van der Waals surface area contributed by atoms with E-state index in [-0.39, 0.29) is 0 Å². The molecule has 0 aliphatic carbocycles. The van der Waals surface area contributed by atoms with Gasteiger partial charge in [0, 0.05) is 17.3 Å². The van der Waals surface area contributed by atoms with Gasteiger partial charge in [0.15, 0.2) is 0 Å². The van der Waals surface area contributed by atoms with Gasteiger partial charge in [0.25, 0.3) is 0 Å². The van der Waals surface area contributed by atoms with Crippen LogP contribution in [-0.2, 0) is 0 Å². The van der Waals surface area contributed by atoms with Crippen molar-refractivity contribution in [2.75, 3.05) is 20.0 Å². The van der Waals surface area contributed by atoms with E-state index in [1.807, 2.05) is 36.4 Å². The van der Waals surface area contributed by atoms with Crippen molar-refractivity contribution in [3.05, 3.63) is 40.9 Å². The zero-order valence-electron chi connectivity index (χ0n) is 10.2. The van der Waals surface area contributed by atoms with Crippen molar-refractivity contribution in [2.24, 2.45) is 0 Å². The van der Waals surface area contributed by atoms with Crippen LogP contribution >= 0.6 is 15.9 Å². The van der Waals surface area contributed by atoms with Gasteiger partial charge in [-0.1, -0.05) is 6.07 Å². The fourth-order valence-electron chi connectivity index (χ4n) is 1.76. The highest BCUT2D eigenvalue weighted by Crippen LogP contribution is 2.34. The molecule has 0 aliphatic rings. The summed E-state index contributed by atoms with van der Waals surface area (Å²) in [6, 6.07) is 11.5. The lowest BCUT2D eigenvalue weighted by atomic mass is 10.0. The van der Waals surface area contributed by atoms with Crippen LogP contribution in [-0.4, -0.2) is 14.2 Å². The summed E-state index contributed by atoms with van der Waals surface area (Å²) in [5.74, 6) is 1.53. The molecule has 2 aromatic carbocycles. The van der Waals surface area contributed by atoms with Crippen LogP contribution in [0.1, 0.15) is 0 Å². The van der Waals surface area contributed by atoms with Gasteiger partial charge in [0.05, 0.1) is 18.7 Å². The Kier molecular flexibility index (Phi) is 3.77. The number of anilines is 1. The topological polar surface area (TPSA) is 44.5 Å². The molecule has 0 atom stereocenters. The summed E-state index contributed by atoms with van der Waals surface area (Å²) in [5, 5.41) is 0. The molecule has 2 rings (SSSR count). The molecule has 94 valence electrons. The molecular formula is C14H14BrNO2. The Morgan fingerprint density at radius 2 is 1.78 bits per heavy atom. The number of benzene rings is 2. The fraction of sp³-hybridized carbons (Fsp3) is 0.143. The molecule has 3 nitrogen and oxygen atoms in total. The summed E-state index contributed by atoms with van der Waals surface area (Å²) in [4.78, 5) is 0. The van der Waals surface area contributed by atoms with Crippen LogP contribution in [0.25, 0.3) is 11.1 Å². The minimum Gasteiger partial charge on any atom is -0.497 e. The van der Waals surface area contributed by atoms with Crippen LogP contribution in [0.15, 0.2) is 40.9 Å². The Bertz CT molecular complexity index is 570. The maximum Gasteiger partial charge on any atom is 0.133 e. The lowest BCUT2D eigenvalue weighted by Crippen LogP contribution is -1.93. The molecular weight excluding hydrogens is 294 g/mol. The maximum absolute atomic E-state index is 6.03. The molecule has 4 heteroatoms. The van der Waals surface area contributed by atoms with E-state index in [2.05, 4.69) is 15.9 Å². The highest BCUT2D eigenvalue weighted by atomic mass is 79.9. The number of nitrogens with two attached hydrogens (primary N) is 1. The van der Waals surface area contributed by atoms with Gasteiger partial charge in [0.1, 0.15) is 11.5 Å². The third kappa shape index (κ3) is 2.43. The van der Waals surface area contributed by atoms with Crippen molar-refractivity contribution >= 4 is 21.6 Å². The SMILES string of the molecule is COc1ccc(-c2ccc(Br)c(OC)c2)c(N)c1. The minimum atomic E-state index is 0.679. The number of nitrogen functional groups attached to an aromatic ring is 1. The summed E-state index contributed by atoms with van der Waals surface area (Å²) >= 11 is 3.43. The number of methoxy groups -OCH3 is 2. The largest absolute Gasteiger partial charge is 0.497 e. The normalized spacial score (nSPS) is 10.2. The number of hydrogen-bond donors (Lipinski definition) is 1. The lowest BCUT2D eigenvalue weighted by molar-refractivity contribution is 0.412. The van der Waals surface area contributed by atoms with Crippen LogP contribution in [0.4, 0.5) is 5.69 Å². The van der Waals surface area contributed by atoms with Crippen LogP contribution in [0.3, 0.4) is 0 Å². The van der Waals surface area contributed by atoms with Crippen LogP contribution in [0.5, 0.6) is 11.5 Å². The summed E-state index contributed by atoms with van der Waals surface area (Å²) in [6.45, 7) is 0. The second-order valence-corrected chi connectivity index (χ2v) is 4.66. The molecule has 0 aliphatic heterocycles. The number of ether oxygens (including phenoxy) is 2. The summed E-state index contributed by atoms with van der Waals surface area (Å²) in [6.07, 6.45) is 0. The Morgan fingerprint density at radius 3 is 2.39 bits per heavy atom. The van der Waals surface area contributed by atoms with Crippen molar-refractivity contribution in [3.8, 4) is 22.6 Å².